The second-order valence-corrected chi connectivity index (χ2v) is 6.12. The molecule has 0 N–H and O–H groups in total. The highest BCUT2D eigenvalue weighted by molar-refractivity contribution is 5.71. The average molecular weight is 384 g/mol. The van der Waals surface area contributed by atoms with Gasteiger partial charge in [-0.15, -0.1) is 0 Å². The summed E-state index contributed by atoms with van der Waals surface area (Å²) in [7, 11) is 1.33. The van der Waals surface area contributed by atoms with Crippen molar-refractivity contribution in [2.24, 2.45) is 0 Å². The van der Waals surface area contributed by atoms with Crippen LogP contribution in [0.15, 0.2) is 24.3 Å². The molecule has 0 aliphatic carbocycles. The summed E-state index contributed by atoms with van der Waals surface area (Å²) in [6.45, 7) is 4.95. The van der Waals surface area contributed by atoms with Crippen LogP contribution in [-0.4, -0.2) is 75.4 Å². The third kappa shape index (κ3) is 7.59. The number of nitrogens with zero attached hydrogens (tertiary/aromatic N) is 2. The fourth-order valence-corrected chi connectivity index (χ4v) is 2.56. The SMILES string of the molecule is COC(=O)CN(CC#Cc1ccc(C(F)(F)F)cc1)CCN1CCOCC1. The van der Waals surface area contributed by atoms with Crippen molar-refractivity contribution >= 4 is 5.97 Å². The van der Waals surface area contributed by atoms with Crippen LogP contribution in [-0.2, 0) is 20.4 Å². The molecule has 5 nitrogen and oxygen atoms in total. The van der Waals surface area contributed by atoms with Gasteiger partial charge in [0.1, 0.15) is 0 Å². The largest absolute Gasteiger partial charge is 0.468 e. The summed E-state index contributed by atoms with van der Waals surface area (Å²) >= 11 is 0. The lowest BCUT2D eigenvalue weighted by Gasteiger charge is -2.28. The Hall–Kier alpha value is -2.08. The molecule has 0 bridgehead atoms. The van der Waals surface area contributed by atoms with E-state index < -0.39 is 11.7 Å². The topological polar surface area (TPSA) is 42.0 Å². The maximum absolute atomic E-state index is 12.6. The van der Waals surface area contributed by atoms with E-state index in [2.05, 4.69) is 16.7 Å². The first kappa shape index (κ1) is 21.2. The van der Waals surface area contributed by atoms with E-state index in [0.29, 0.717) is 31.9 Å². The molecule has 0 unspecified atom stereocenters. The van der Waals surface area contributed by atoms with Crippen LogP contribution in [0.25, 0.3) is 0 Å². The molecule has 27 heavy (non-hydrogen) atoms. The first-order valence-corrected chi connectivity index (χ1v) is 8.64. The van der Waals surface area contributed by atoms with Crippen molar-refractivity contribution < 1.29 is 27.4 Å². The molecular weight excluding hydrogens is 361 g/mol. The third-order valence-electron chi connectivity index (χ3n) is 4.16. The molecule has 0 amide bonds. The number of esters is 1. The Balaban J connectivity index is 1.92. The van der Waals surface area contributed by atoms with Crippen molar-refractivity contribution in [2.75, 3.05) is 59.6 Å². The molecule has 0 aromatic heterocycles. The lowest BCUT2D eigenvalue weighted by atomic mass is 10.1. The molecule has 148 valence electrons. The van der Waals surface area contributed by atoms with Crippen molar-refractivity contribution in [1.29, 1.82) is 0 Å². The number of carbonyl (C=O) groups excluding carboxylic acids is 1. The van der Waals surface area contributed by atoms with Crippen LogP contribution < -0.4 is 0 Å². The van der Waals surface area contributed by atoms with Gasteiger partial charge in [0.15, 0.2) is 0 Å². The monoisotopic (exact) mass is 384 g/mol. The van der Waals surface area contributed by atoms with E-state index in [1.807, 2.05) is 4.90 Å². The fraction of sp³-hybridized carbons (Fsp3) is 0.526. The first-order chi connectivity index (χ1) is 12.9. The van der Waals surface area contributed by atoms with Gasteiger partial charge in [0, 0.05) is 31.7 Å². The minimum atomic E-state index is -4.36. The lowest BCUT2D eigenvalue weighted by molar-refractivity contribution is -0.142. The molecule has 0 saturated carbocycles. The van der Waals surface area contributed by atoms with Gasteiger partial charge in [0.2, 0.25) is 0 Å². The number of carbonyl (C=O) groups is 1. The number of hydrogen-bond acceptors (Lipinski definition) is 5. The second kappa shape index (κ2) is 10.3. The first-order valence-electron chi connectivity index (χ1n) is 8.64. The number of methoxy groups -OCH3 is 1. The molecule has 0 radical (unpaired) electrons. The molecule has 1 aromatic rings. The number of morpholine rings is 1. The van der Waals surface area contributed by atoms with E-state index >= 15 is 0 Å². The van der Waals surface area contributed by atoms with Gasteiger partial charge in [0.25, 0.3) is 0 Å². The maximum atomic E-state index is 12.6. The van der Waals surface area contributed by atoms with Crippen LogP contribution in [0, 0.1) is 11.8 Å². The molecule has 0 atom stereocenters. The molecule has 2 rings (SSSR count). The van der Waals surface area contributed by atoms with Gasteiger partial charge in [-0.1, -0.05) is 11.8 Å². The number of alkyl halides is 3. The van der Waals surface area contributed by atoms with Crippen LogP contribution in [0.1, 0.15) is 11.1 Å². The minimum Gasteiger partial charge on any atom is -0.468 e. The third-order valence-corrected chi connectivity index (χ3v) is 4.16. The standard InChI is InChI=1S/C19H23F3N2O3/c1-26-18(25)15-24(10-9-23-11-13-27-14-12-23)8-2-3-16-4-6-17(7-5-16)19(20,21)22/h4-7H,8-15H2,1H3. The smallest absolute Gasteiger partial charge is 0.416 e. The summed E-state index contributed by atoms with van der Waals surface area (Å²) in [4.78, 5) is 15.7. The van der Waals surface area contributed by atoms with Crippen molar-refractivity contribution in [1.82, 2.24) is 9.80 Å². The van der Waals surface area contributed by atoms with E-state index in [1.165, 1.54) is 19.2 Å². The summed E-state index contributed by atoms with van der Waals surface area (Å²) in [6.07, 6.45) is -4.36. The molecule has 1 fully saturated rings. The maximum Gasteiger partial charge on any atom is 0.416 e. The van der Waals surface area contributed by atoms with Gasteiger partial charge >= 0.3 is 12.1 Å². The van der Waals surface area contributed by atoms with Gasteiger partial charge in [-0.3, -0.25) is 14.6 Å². The van der Waals surface area contributed by atoms with Gasteiger partial charge < -0.3 is 9.47 Å². The molecule has 1 aliphatic heterocycles. The van der Waals surface area contributed by atoms with Crippen molar-refractivity contribution in [3.8, 4) is 11.8 Å². The van der Waals surface area contributed by atoms with Crippen LogP contribution in [0.4, 0.5) is 13.2 Å². The van der Waals surface area contributed by atoms with E-state index in [1.54, 1.807) is 0 Å². The normalized spacial score (nSPS) is 15.3. The Morgan fingerprint density at radius 3 is 2.52 bits per heavy atom. The molecule has 1 aliphatic rings. The van der Waals surface area contributed by atoms with Crippen LogP contribution in [0.3, 0.4) is 0 Å². The van der Waals surface area contributed by atoms with E-state index in [9.17, 15) is 18.0 Å². The summed E-state index contributed by atoms with van der Waals surface area (Å²) in [5.74, 6) is 5.41. The quantitative estimate of drug-likeness (QED) is 0.553. The molecular formula is C19H23F3N2O3. The Bertz CT molecular complexity index is 660. The molecule has 0 spiro atoms. The molecule has 1 heterocycles. The second-order valence-electron chi connectivity index (χ2n) is 6.12. The molecule has 8 heteroatoms. The Morgan fingerprint density at radius 2 is 1.93 bits per heavy atom. The summed E-state index contributed by atoms with van der Waals surface area (Å²) in [6, 6.07) is 4.70. The van der Waals surface area contributed by atoms with Gasteiger partial charge in [0.05, 0.1) is 39.0 Å². The zero-order chi connectivity index (χ0) is 19.7. The predicted octanol–water partition coefficient (Wildman–Crippen LogP) is 1.86. The van der Waals surface area contributed by atoms with E-state index in [0.717, 1.165) is 31.8 Å². The van der Waals surface area contributed by atoms with Crippen molar-refractivity contribution in [2.45, 2.75) is 6.18 Å². The van der Waals surface area contributed by atoms with E-state index in [-0.39, 0.29) is 12.5 Å². The van der Waals surface area contributed by atoms with Crippen LogP contribution in [0.2, 0.25) is 0 Å². The van der Waals surface area contributed by atoms with Crippen LogP contribution >= 0.6 is 0 Å². The highest BCUT2D eigenvalue weighted by Crippen LogP contribution is 2.28. The zero-order valence-corrected chi connectivity index (χ0v) is 15.2. The average Bonchev–Trinajstić information content (AvgIpc) is 2.66. The van der Waals surface area contributed by atoms with Crippen molar-refractivity contribution in [3.05, 3.63) is 35.4 Å². The number of halogens is 3. The lowest BCUT2D eigenvalue weighted by Crippen LogP contribution is -2.42. The number of hydrogen-bond donors (Lipinski definition) is 0. The Labute approximate surface area is 157 Å². The number of rotatable bonds is 6. The molecule has 1 aromatic carbocycles. The molecule has 1 saturated heterocycles. The summed E-state index contributed by atoms with van der Waals surface area (Å²) in [5.41, 5.74) is -0.208. The van der Waals surface area contributed by atoms with Gasteiger partial charge in [-0.25, -0.2) is 0 Å². The van der Waals surface area contributed by atoms with Gasteiger partial charge in [-0.05, 0) is 24.3 Å². The highest BCUT2D eigenvalue weighted by atomic mass is 19.4. The minimum absolute atomic E-state index is 0.114. The Morgan fingerprint density at radius 1 is 1.26 bits per heavy atom. The predicted molar refractivity (Wildman–Crippen MR) is 94.0 cm³/mol. The fourth-order valence-electron chi connectivity index (χ4n) is 2.56. The Kier molecular flexibility index (Phi) is 8.10. The zero-order valence-electron chi connectivity index (χ0n) is 15.2. The van der Waals surface area contributed by atoms with Gasteiger partial charge in [-0.2, -0.15) is 13.2 Å². The summed E-state index contributed by atoms with van der Waals surface area (Å²) < 4.78 is 47.7. The van der Waals surface area contributed by atoms with E-state index in [4.69, 9.17) is 9.47 Å². The highest BCUT2D eigenvalue weighted by Gasteiger charge is 2.29. The van der Waals surface area contributed by atoms with Crippen LogP contribution in [0.5, 0.6) is 0 Å². The summed E-state index contributed by atoms with van der Waals surface area (Å²) in [5, 5.41) is 0. The number of ether oxygens (including phenoxy) is 2. The number of benzene rings is 1. The van der Waals surface area contributed by atoms with Crippen molar-refractivity contribution in [3.63, 3.8) is 0 Å².